The maximum Gasteiger partial charge on any atom is 0.331 e. The molecule has 1 atom stereocenters. The molecule has 0 bridgehead atoms. The Hall–Kier alpha value is -1.92. The number of amides is 5. The fourth-order valence-corrected chi connectivity index (χ4v) is 2.53. The lowest BCUT2D eigenvalue weighted by Gasteiger charge is -2.37. The second-order valence-electron chi connectivity index (χ2n) is 5.01. The third-order valence-electron chi connectivity index (χ3n) is 3.86. The summed E-state index contributed by atoms with van der Waals surface area (Å²) in [6, 6.07) is -1.01. The fraction of sp³-hybridized carbons (Fsp3) is 0.636. The first-order chi connectivity index (χ1) is 8.54. The molecule has 1 unspecified atom stereocenters. The highest BCUT2D eigenvalue weighted by molar-refractivity contribution is 6.21. The standard InChI is InChI=1S/C11H13N3O4/c15-7-2-1-6(5-12-7)14-9(17)11(3-4-11)8(16)13-10(14)18/h6H,1-5H2,(H,12,15)(H,13,16,18). The van der Waals surface area contributed by atoms with Gasteiger partial charge >= 0.3 is 6.03 Å². The van der Waals surface area contributed by atoms with Crippen molar-refractivity contribution in [2.75, 3.05) is 6.54 Å². The highest BCUT2D eigenvalue weighted by Gasteiger charge is 2.63. The van der Waals surface area contributed by atoms with E-state index in [1.54, 1.807) is 0 Å². The maximum absolute atomic E-state index is 12.2. The molecule has 3 aliphatic rings. The fourth-order valence-electron chi connectivity index (χ4n) is 2.53. The van der Waals surface area contributed by atoms with Gasteiger partial charge in [-0.25, -0.2) is 4.79 Å². The van der Waals surface area contributed by atoms with Gasteiger partial charge in [-0.15, -0.1) is 0 Å². The molecule has 0 aromatic carbocycles. The van der Waals surface area contributed by atoms with E-state index in [1.807, 2.05) is 0 Å². The molecule has 0 aromatic rings. The van der Waals surface area contributed by atoms with E-state index >= 15 is 0 Å². The Bertz CT molecular complexity index is 459. The zero-order chi connectivity index (χ0) is 12.9. The summed E-state index contributed by atoms with van der Waals surface area (Å²) in [6.07, 6.45) is 1.75. The van der Waals surface area contributed by atoms with E-state index in [1.165, 1.54) is 0 Å². The summed E-state index contributed by atoms with van der Waals surface area (Å²) < 4.78 is 0. The summed E-state index contributed by atoms with van der Waals surface area (Å²) in [5.74, 6) is -0.959. The van der Waals surface area contributed by atoms with Crippen molar-refractivity contribution in [1.29, 1.82) is 0 Å². The SMILES string of the molecule is O=C1CCC(N2C(=O)NC(=O)C3(CC3)C2=O)CN1. The Balaban J connectivity index is 1.82. The van der Waals surface area contributed by atoms with Gasteiger partial charge in [-0.1, -0.05) is 0 Å². The minimum Gasteiger partial charge on any atom is -0.354 e. The number of hydrogen-bond donors (Lipinski definition) is 2. The summed E-state index contributed by atoms with van der Waals surface area (Å²) in [5.41, 5.74) is -1.00. The molecule has 0 aromatic heterocycles. The number of nitrogens with zero attached hydrogens (tertiary/aromatic N) is 1. The van der Waals surface area contributed by atoms with Crippen LogP contribution in [0.3, 0.4) is 0 Å². The normalized spacial score (nSPS) is 30.2. The molecule has 1 saturated carbocycles. The Labute approximate surface area is 103 Å². The maximum atomic E-state index is 12.2. The Morgan fingerprint density at radius 3 is 2.44 bits per heavy atom. The van der Waals surface area contributed by atoms with Crippen LogP contribution in [-0.2, 0) is 14.4 Å². The lowest BCUT2D eigenvalue weighted by Crippen LogP contribution is -2.64. The molecule has 18 heavy (non-hydrogen) atoms. The summed E-state index contributed by atoms with van der Waals surface area (Å²) in [4.78, 5) is 47.8. The molecule has 1 aliphatic carbocycles. The number of carbonyl (C=O) groups excluding carboxylic acids is 4. The van der Waals surface area contributed by atoms with E-state index in [9.17, 15) is 19.2 Å². The zero-order valence-corrected chi connectivity index (χ0v) is 9.69. The lowest BCUT2D eigenvalue weighted by molar-refractivity contribution is -0.147. The predicted octanol–water partition coefficient (Wildman–Crippen LogP) is -0.876. The first kappa shape index (κ1) is 11.2. The third kappa shape index (κ3) is 1.43. The molecule has 0 radical (unpaired) electrons. The van der Waals surface area contributed by atoms with Gasteiger partial charge in [0.25, 0.3) is 0 Å². The second-order valence-corrected chi connectivity index (χ2v) is 5.01. The predicted molar refractivity (Wildman–Crippen MR) is 58.1 cm³/mol. The number of hydrogen-bond acceptors (Lipinski definition) is 4. The van der Waals surface area contributed by atoms with Crippen LogP contribution >= 0.6 is 0 Å². The average Bonchev–Trinajstić information content (AvgIpc) is 3.11. The van der Waals surface area contributed by atoms with Gasteiger partial charge < -0.3 is 5.32 Å². The van der Waals surface area contributed by atoms with Crippen LogP contribution in [0.5, 0.6) is 0 Å². The number of barbiturate groups is 1. The van der Waals surface area contributed by atoms with Crippen molar-refractivity contribution >= 4 is 23.8 Å². The summed E-state index contributed by atoms with van der Waals surface area (Å²) >= 11 is 0. The lowest BCUT2D eigenvalue weighted by atomic mass is 9.97. The van der Waals surface area contributed by atoms with Crippen LogP contribution in [0, 0.1) is 5.41 Å². The topological polar surface area (TPSA) is 95.6 Å². The minimum atomic E-state index is -1.00. The highest BCUT2D eigenvalue weighted by atomic mass is 16.2. The molecule has 96 valence electrons. The molecule has 1 spiro atoms. The summed E-state index contributed by atoms with van der Waals surface area (Å²) in [7, 11) is 0. The third-order valence-corrected chi connectivity index (χ3v) is 3.86. The van der Waals surface area contributed by atoms with Crippen molar-refractivity contribution in [1.82, 2.24) is 15.5 Å². The highest BCUT2D eigenvalue weighted by Crippen LogP contribution is 2.49. The molecule has 2 heterocycles. The van der Waals surface area contributed by atoms with Crippen LogP contribution in [0.1, 0.15) is 25.7 Å². The molecule has 5 amide bonds. The molecule has 3 fully saturated rings. The molecule has 2 saturated heterocycles. The van der Waals surface area contributed by atoms with Gasteiger partial charge in [-0.2, -0.15) is 0 Å². The Morgan fingerprint density at radius 2 is 1.89 bits per heavy atom. The van der Waals surface area contributed by atoms with Gasteiger partial charge in [0, 0.05) is 13.0 Å². The average molecular weight is 251 g/mol. The molecule has 2 aliphatic heterocycles. The zero-order valence-electron chi connectivity index (χ0n) is 9.69. The Morgan fingerprint density at radius 1 is 1.17 bits per heavy atom. The first-order valence-corrected chi connectivity index (χ1v) is 6.00. The molecule has 7 nitrogen and oxygen atoms in total. The van der Waals surface area contributed by atoms with Crippen LogP contribution in [0.25, 0.3) is 0 Å². The number of imide groups is 2. The van der Waals surface area contributed by atoms with Crippen molar-refractivity contribution in [3.8, 4) is 0 Å². The van der Waals surface area contributed by atoms with Gasteiger partial charge in [-0.05, 0) is 19.3 Å². The molecular formula is C11H13N3O4. The van der Waals surface area contributed by atoms with E-state index in [4.69, 9.17) is 0 Å². The largest absolute Gasteiger partial charge is 0.354 e. The number of urea groups is 1. The van der Waals surface area contributed by atoms with Gasteiger partial charge in [0.2, 0.25) is 17.7 Å². The number of piperidine rings is 1. The van der Waals surface area contributed by atoms with E-state index in [0.717, 1.165) is 4.90 Å². The van der Waals surface area contributed by atoms with E-state index in [0.29, 0.717) is 25.7 Å². The number of nitrogens with one attached hydrogen (secondary N) is 2. The summed E-state index contributed by atoms with van der Waals surface area (Å²) in [6.45, 7) is 0.266. The Kier molecular flexibility index (Phi) is 2.20. The summed E-state index contributed by atoms with van der Waals surface area (Å²) in [5, 5.41) is 4.87. The van der Waals surface area contributed by atoms with Crippen molar-refractivity contribution in [2.24, 2.45) is 5.41 Å². The quantitative estimate of drug-likeness (QED) is 0.592. The molecule has 3 rings (SSSR count). The van der Waals surface area contributed by atoms with Gasteiger partial charge in [0.15, 0.2) is 0 Å². The van der Waals surface area contributed by atoms with E-state index in [2.05, 4.69) is 10.6 Å². The van der Waals surface area contributed by atoms with Crippen molar-refractivity contribution < 1.29 is 19.2 Å². The van der Waals surface area contributed by atoms with Gasteiger partial charge in [-0.3, -0.25) is 24.6 Å². The second kappa shape index (κ2) is 3.54. The first-order valence-electron chi connectivity index (χ1n) is 6.00. The number of carbonyl (C=O) groups is 4. The molecule has 2 N–H and O–H groups in total. The monoisotopic (exact) mass is 251 g/mol. The van der Waals surface area contributed by atoms with Crippen LogP contribution < -0.4 is 10.6 Å². The van der Waals surface area contributed by atoms with E-state index < -0.39 is 23.3 Å². The van der Waals surface area contributed by atoms with E-state index in [-0.39, 0.29) is 18.5 Å². The van der Waals surface area contributed by atoms with Crippen LogP contribution in [0.15, 0.2) is 0 Å². The van der Waals surface area contributed by atoms with Crippen LogP contribution in [-0.4, -0.2) is 41.2 Å². The smallest absolute Gasteiger partial charge is 0.331 e. The van der Waals surface area contributed by atoms with Crippen molar-refractivity contribution in [3.05, 3.63) is 0 Å². The van der Waals surface area contributed by atoms with Gasteiger partial charge in [0.1, 0.15) is 5.41 Å². The van der Waals surface area contributed by atoms with Crippen LogP contribution in [0.2, 0.25) is 0 Å². The van der Waals surface area contributed by atoms with Gasteiger partial charge in [0.05, 0.1) is 6.04 Å². The molecular weight excluding hydrogens is 238 g/mol. The number of rotatable bonds is 1. The van der Waals surface area contributed by atoms with Crippen molar-refractivity contribution in [2.45, 2.75) is 31.7 Å². The van der Waals surface area contributed by atoms with Crippen molar-refractivity contribution in [3.63, 3.8) is 0 Å². The molecule has 7 heteroatoms. The minimum absolute atomic E-state index is 0.0756. The van der Waals surface area contributed by atoms with Crippen LogP contribution in [0.4, 0.5) is 4.79 Å².